The van der Waals surface area contributed by atoms with Gasteiger partial charge in [0, 0.05) is 31.5 Å². The standard InChI is InChI=1S/C19H19F5N8/c20-15(21)9-32-17-14(5-28-32)25-6-16(30-17)29-13-1-10-7-31(8-11(10)2-13)18-26-3-12(4-27-18)19(22,23)24/h3-6,10-11,13,15H,1-2,7-9H2,(H,29,30)/t10-,11+,13?. The Balaban J connectivity index is 1.21. The van der Waals surface area contributed by atoms with E-state index in [0.717, 1.165) is 29.9 Å². The molecular formula is C19H19F5N8. The van der Waals surface area contributed by atoms with Crippen LogP contribution < -0.4 is 10.2 Å². The summed E-state index contributed by atoms with van der Waals surface area (Å²) in [5, 5.41) is 7.25. The quantitative estimate of drug-likeness (QED) is 0.593. The van der Waals surface area contributed by atoms with E-state index in [1.807, 2.05) is 4.90 Å². The van der Waals surface area contributed by atoms with Crippen LogP contribution in [0.4, 0.5) is 33.7 Å². The van der Waals surface area contributed by atoms with E-state index in [1.165, 1.54) is 6.20 Å². The van der Waals surface area contributed by atoms with Gasteiger partial charge in [-0.2, -0.15) is 18.3 Å². The van der Waals surface area contributed by atoms with Crippen molar-refractivity contribution in [3.05, 3.63) is 30.4 Å². The topological polar surface area (TPSA) is 84.7 Å². The van der Waals surface area contributed by atoms with E-state index in [-0.39, 0.29) is 6.04 Å². The van der Waals surface area contributed by atoms with Crippen LogP contribution in [-0.4, -0.2) is 55.3 Å². The molecule has 13 heteroatoms. The Labute approximate surface area is 178 Å². The molecule has 1 saturated heterocycles. The Morgan fingerprint density at radius 3 is 2.31 bits per heavy atom. The minimum atomic E-state index is -4.46. The molecule has 1 aliphatic carbocycles. The van der Waals surface area contributed by atoms with Gasteiger partial charge in [0.15, 0.2) is 5.65 Å². The number of nitrogens with one attached hydrogen (secondary N) is 1. The Bertz CT molecular complexity index is 1090. The van der Waals surface area contributed by atoms with Crippen molar-refractivity contribution in [1.82, 2.24) is 29.7 Å². The maximum Gasteiger partial charge on any atom is 0.419 e. The molecule has 1 saturated carbocycles. The highest BCUT2D eigenvalue weighted by Gasteiger charge is 2.42. The summed E-state index contributed by atoms with van der Waals surface area (Å²) in [5.41, 5.74) is -0.108. The van der Waals surface area contributed by atoms with Crippen LogP contribution in [0.25, 0.3) is 11.2 Å². The van der Waals surface area contributed by atoms with Crippen molar-refractivity contribution in [2.75, 3.05) is 23.3 Å². The Morgan fingerprint density at radius 1 is 1.00 bits per heavy atom. The van der Waals surface area contributed by atoms with Gasteiger partial charge in [-0.25, -0.2) is 33.4 Å². The van der Waals surface area contributed by atoms with Crippen molar-refractivity contribution in [3.63, 3.8) is 0 Å². The molecule has 1 unspecified atom stereocenters. The van der Waals surface area contributed by atoms with E-state index in [9.17, 15) is 22.0 Å². The molecule has 1 N–H and O–H groups in total. The monoisotopic (exact) mass is 454 g/mol. The van der Waals surface area contributed by atoms with Gasteiger partial charge < -0.3 is 10.2 Å². The summed E-state index contributed by atoms with van der Waals surface area (Å²) in [6, 6.07) is 0.138. The van der Waals surface area contributed by atoms with Crippen LogP contribution in [0.5, 0.6) is 0 Å². The first-order chi connectivity index (χ1) is 15.3. The highest BCUT2D eigenvalue weighted by Crippen LogP contribution is 2.40. The lowest BCUT2D eigenvalue weighted by atomic mass is 10.0. The van der Waals surface area contributed by atoms with Crippen LogP contribution in [0.15, 0.2) is 24.8 Å². The molecule has 170 valence electrons. The van der Waals surface area contributed by atoms with Gasteiger partial charge in [0.25, 0.3) is 6.43 Å². The number of anilines is 2. The highest BCUT2D eigenvalue weighted by atomic mass is 19.4. The van der Waals surface area contributed by atoms with Gasteiger partial charge >= 0.3 is 6.18 Å². The summed E-state index contributed by atoms with van der Waals surface area (Å²) in [7, 11) is 0. The van der Waals surface area contributed by atoms with Crippen LogP contribution in [0.3, 0.4) is 0 Å². The lowest BCUT2D eigenvalue weighted by Gasteiger charge is -2.20. The van der Waals surface area contributed by atoms with Crippen molar-refractivity contribution < 1.29 is 22.0 Å². The van der Waals surface area contributed by atoms with E-state index < -0.39 is 24.7 Å². The van der Waals surface area contributed by atoms with E-state index in [0.29, 0.717) is 47.9 Å². The predicted molar refractivity (Wildman–Crippen MR) is 104 cm³/mol. The smallest absolute Gasteiger partial charge is 0.366 e. The second-order valence-electron chi connectivity index (χ2n) is 8.19. The van der Waals surface area contributed by atoms with Gasteiger partial charge in [0.1, 0.15) is 17.9 Å². The maximum atomic E-state index is 12.7. The third-order valence-corrected chi connectivity index (χ3v) is 6.01. The molecule has 5 rings (SSSR count). The van der Waals surface area contributed by atoms with Gasteiger partial charge in [-0.1, -0.05) is 0 Å². The molecule has 4 heterocycles. The van der Waals surface area contributed by atoms with Crippen LogP contribution >= 0.6 is 0 Å². The number of rotatable bonds is 5. The summed E-state index contributed by atoms with van der Waals surface area (Å²) >= 11 is 0. The zero-order chi connectivity index (χ0) is 22.5. The van der Waals surface area contributed by atoms with Crippen molar-refractivity contribution in [1.29, 1.82) is 0 Å². The molecule has 0 radical (unpaired) electrons. The zero-order valence-corrected chi connectivity index (χ0v) is 16.7. The molecule has 3 atom stereocenters. The van der Waals surface area contributed by atoms with Crippen LogP contribution in [0, 0.1) is 11.8 Å². The third-order valence-electron chi connectivity index (χ3n) is 6.01. The average Bonchev–Trinajstić information content (AvgIpc) is 3.41. The van der Waals surface area contributed by atoms with Crippen molar-refractivity contribution >= 4 is 22.9 Å². The normalized spacial score (nSPS) is 23.3. The lowest BCUT2D eigenvalue weighted by Crippen LogP contribution is -2.26. The van der Waals surface area contributed by atoms with E-state index in [1.54, 1.807) is 6.20 Å². The molecule has 3 aromatic rings. The molecule has 3 aromatic heterocycles. The van der Waals surface area contributed by atoms with Crippen molar-refractivity contribution in [2.24, 2.45) is 11.8 Å². The molecule has 2 fully saturated rings. The fourth-order valence-corrected chi connectivity index (χ4v) is 4.60. The number of hydrogen-bond acceptors (Lipinski definition) is 7. The summed E-state index contributed by atoms with van der Waals surface area (Å²) in [5.74, 6) is 1.50. The largest absolute Gasteiger partial charge is 0.419 e. The molecule has 8 nitrogen and oxygen atoms in total. The molecule has 0 bridgehead atoms. The van der Waals surface area contributed by atoms with E-state index >= 15 is 0 Å². The number of aromatic nitrogens is 6. The predicted octanol–water partition coefficient (Wildman–Crippen LogP) is 3.23. The third kappa shape index (κ3) is 4.02. The van der Waals surface area contributed by atoms with E-state index in [4.69, 9.17) is 0 Å². The Hall–Kier alpha value is -3.12. The summed E-state index contributed by atoms with van der Waals surface area (Å²) < 4.78 is 64.7. The molecular weight excluding hydrogens is 435 g/mol. The number of fused-ring (bicyclic) bond motifs is 2. The lowest BCUT2D eigenvalue weighted by molar-refractivity contribution is -0.138. The zero-order valence-electron chi connectivity index (χ0n) is 16.7. The fraction of sp³-hybridized carbons (Fsp3) is 0.526. The van der Waals surface area contributed by atoms with Gasteiger partial charge in [-0.15, -0.1) is 0 Å². The highest BCUT2D eigenvalue weighted by molar-refractivity contribution is 5.71. The fourth-order valence-electron chi connectivity index (χ4n) is 4.60. The summed E-state index contributed by atoms with van der Waals surface area (Å²) in [6.45, 7) is 0.789. The number of hydrogen-bond donors (Lipinski definition) is 1. The minimum Gasteiger partial charge on any atom is -0.366 e. The van der Waals surface area contributed by atoms with Crippen LogP contribution in [0.2, 0.25) is 0 Å². The first-order valence-electron chi connectivity index (χ1n) is 10.1. The number of halogens is 5. The Morgan fingerprint density at radius 2 is 1.69 bits per heavy atom. The van der Waals surface area contributed by atoms with Gasteiger partial charge in [-0.05, 0) is 24.7 Å². The molecule has 1 aliphatic heterocycles. The molecule has 0 amide bonds. The Kier molecular flexibility index (Phi) is 5.05. The minimum absolute atomic E-state index is 0.138. The second-order valence-corrected chi connectivity index (χ2v) is 8.19. The SMILES string of the molecule is FC(F)Cn1ncc2ncc(NC3C[C@@H]4CN(c5ncc(C(F)(F)F)cn5)C[C@@H]4C3)nc21. The van der Waals surface area contributed by atoms with E-state index in [2.05, 4.69) is 30.4 Å². The van der Waals surface area contributed by atoms with Crippen LogP contribution in [-0.2, 0) is 12.7 Å². The number of nitrogens with zero attached hydrogens (tertiary/aromatic N) is 7. The summed E-state index contributed by atoms with van der Waals surface area (Å²) in [6.07, 6.45) is -0.706. The average molecular weight is 454 g/mol. The van der Waals surface area contributed by atoms with Gasteiger partial charge in [0.05, 0.1) is 18.0 Å². The molecule has 2 aliphatic rings. The van der Waals surface area contributed by atoms with Crippen molar-refractivity contribution in [2.45, 2.75) is 38.0 Å². The second kappa shape index (κ2) is 7.78. The number of alkyl halides is 5. The first-order valence-corrected chi connectivity index (χ1v) is 10.1. The summed E-state index contributed by atoms with van der Waals surface area (Å²) in [4.78, 5) is 18.4. The molecule has 0 aromatic carbocycles. The van der Waals surface area contributed by atoms with Gasteiger partial charge in [-0.3, -0.25) is 0 Å². The van der Waals surface area contributed by atoms with Crippen molar-refractivity contribution in [3.8, 4) is 0 Å². The molecule has 0 spiro atoms. The van der Waals surface area contributed by atoms with Crippen LogP contribution in [0.1, 0.15) is 18.4 Å². The first kappa shape index (κ1) is 20.8. The van der Waals surface area contributed by atoms with Gasteiger partial charge in [0.2, 0.25) is 5.95 Å². The maximum absolute atomic E-state index is 12.7. The molecule has 32 heavy (non-hydrogen) atoms.